The summed E-state index contributed by atoms with van der Waals surface area (Å²) in [5.74, 6) is 0.948. The molecule has 6 nitrogen and oxygen atoms in total. The fourth-order valence-electron chi connectivity index (χ4n) is 4.98. The molecule has 130 valence electrons. The number of carbonyl (C=O) groups is 1. The highest BCUT2D eigenvalue weighted by atomic mass is 32.1. The van der Waals surface area contributed by atoms with Gasteiger partial charge in [0.25, 0.3) is 0 Å². The van der Waals surface area contributed by atoms with E-state index in [1.165, 1.54) is 18.4 Å². The van der Waals surface area contributed by atoms with Gasteiger partial charge in [0.15, 0.2) is 5.13 Å². The molecule has 2 atom stereocenters. The van der Waals surface area contributed by atoms with Crippen molar-refractivity contribution in [2.75, 3.05) is 25.1 Å². The Morgan fingerprint density at radius 2 is 2.28 bits per heavy atom. The Kier molecular flexibility index (Phi) is 2.66. The van der Waals surface area contributed by atoms with Gasteiger partial charge in [-0.2, -0.15) is 0 Å². The molecule has 2 amide bonds. The Balaban J connectivity index is 1.43. The van der Waals surface area contributed by atoms with Crippen LogP contribution >= 0.6 is 11.3 Å². The van der Waals surface area contributed by atoms with Crippen molar-refractivity contribution in [3.63, 3.8) is 0 Å². The van der Waals surface area contributed by atoms with Crippen LogP contribution in [0.4, 0.5) is 9.93 Å². The number of urea groups is 1. The van der Waals surface area contributed by atoms with Gasteiger partial charge in [0.2, 0.25) is 0 Å². The molecule has 1 aliphatic carbocycles. The van der Waals surface area contributed by atoms with Crippen molar-refractivity contribution in [1.82, 2.24) is 15.2 Å². The summed E-state index contributed by atoms with van der Waals surface area (Å²) in [6.07, 6.45) is 4.27. The molecule has 1 N–H and O–H groups in total. The van der Waals surface area contributed by atoms with Gasteiger partial charge in [-0.25, -0.2) is 9.78 Å². The molecule has 1 aromatic carbocycles. The van der Waals surface area contributed by atoms with Crippen LogP contribution in [0.3, 0.4) is 0 Å². The number of ether oxygens (including phenoxy) is 1. The number of piperidine rings is 1. The largest absolute Gasteiger partial charge is 0.493 e. The molecule has 0 bridgehead atoms. The Hall–Kier alpha value is -1.86. The SMILES string of the molecule is CN1CC[C@@H]2[C@@H](NC(=O)N2c2nc3c4c(ccc3s2)OCC4)C12CC2. The monoisotopic (exact) mass is 356 g/mol. The van der Waals surface area contributed by atoms with Gasteiger partial charge >= 0.3 is 6.03 Å². The summed E-state index contributed by atoms with van der Waals surface area (Å²) in [7, 11) is 2.19. The molecule has 4 heterocycles. The number of anilines is 1. The maximum atomic E-state index is 12.8. The van der Waals surface area contributed by atoms with Crippen LogP contribution in [-0.2, 0) is 6.42 Å². The average molecular weight is 356 g/mol. The Morgan fingerprint density at radius 3 is 3.12 bits per heavy atom. The summed E-state index contributed by atoms with van der Waals surface area (Å²) in [4.78, 5) is 22.1. The van der Waals surface area contributed by atoms with E-state index in [1.54, 1.807) is 11.3 Å². The highest BCUT2D eigenvalue weighted by Crippen LogP contribution is 2.51. The Morgan fingerprint density at radius 1 is 1.40 bits per heavy atom. The standard InChI is InChI=1S/C18H20N4O2S/c1-21-8-4-11-15(18(21)6-7-18)20-16(23)22(11)17-19-14-10-5-9-24-12(10)2-3-13(14)25-17/h2-3,11,15H,4-9H2,1H3,(H,20,23)/t11-,15-/m1/s1. The highest BCUT2D eigenvalue weighted by Gasteiger charge is 2.62. The zero-order chi connectivity index (χ0) is 16.8. The number of rotatable bonds is 1. The van der Waals surface area contributed by atoms with Crippen molar-refractivity contribution in [2.24, 2.45) is 0 Å². The molecule has 0 unspecified atom stereocenters. The van der Waals surface area contributed by atoms with Crippen LogP contribution in [0.15, 0.2) is 12.1 Å². The number of nitrogens with one attached hydrogen (secondary N) is 1. The molecule has 1 saturated carbocycles. The maximum absolute atomic E-state index is 12.8. The number of fused-ring (bicyclic) bond motifs is 5. The number of nitrogens with zero attached hydrogens (tertiary/aromatic N) is 3. The number of likely N-dealkylation sites (N-methyl/N-ethyl adjacent to an activating group) is 1. The zero-order valence-electron chi connectivity index (χ0n) is 14.1. The molecule has 25 heavy (non-hydrogen) atoms. The summed E-state index contributed by atoms with van der Waals surface area (Å²) in [5, 5.41) is 4.11. The lowest BCUT2D eigenvalue weighted by Gasteiger charge is -2.42. The fourth-order valence-corrected chi connectivity index (χ4v) is 6.04. The lowest BCUT2D eigenvalue weighted by atomic mass is 9.90. The number of carbonyl (C=O) groups excluding carboxylic acids is 1. The van der Waals surface area contributed by atoms with Crippen LogP contribution in [0.25, 0.3) is 10.2 Å². The zero-order valence-corrected chi connectivity index (χ0v) is 14.9. The Bertz CT molecular complexity index is 906. The van der Waals surface area contributed by atoms with E-state index in [4.69, 9.17) is 9.72 Å². The van der Waals surface area contributed by atoms with Crippen LogP contribution in [0.2, 0.25) is 0 Å². The minimum Gasteiger partial charge on any atom is -0.493 e. The number of aromatic nitrogens is 1. The molecule has 6 rings (SSSR count). The molecule has 3 aliphatic heterocycles. The maximum Gasteiger partial charge on any atom is 0.324 e. The molecule has 3 fully saturated rings. The molecule has 1 aromatic heterocycles. The van der Waals surface area contributed by atoms with E-state index in [0.717, 1.165) is 47.1 Å². The lowest BCUT2D eigenvalue weighted by Crippen LogP contribution is -2.59. The van der Waals surface area contributed by atoms with E-state index in [9.17, 15) is 4.79 Å². The first kappa shape index (κ1) is 14.3. The third-order valence-electron chi connectivity index (χ3n) is 6.50. The molecule has 4 aliphatic rings. The molecule has 1 spiro atoms. The van der Waals surface area contributed by atoms with Gasteiger partial charge in [0.05, 0.1) is 28.9 Å². The van der Waals surface area contributed by atoms with Crippen LogP contribution < -0.4 is 15.0 Å². The van der Waals surface area contributed by atoms with Gasteiger partial charge in [-0.3, -0.25) is 9.80 Å². The highest BCUT2D eigenvalue weighted by molar-refractivity contribution is 7.22. The molecule has 2 saturated heterocycles. The van der Waals surface area contributed by atoms with Gasteiger partial charge < -0.3 is 10.1 Å². The van der Waals surface area contributed by atoms with E-state index >= 15 is 0 Å². The first-order chi connectivity index (χ1) is 12.2. The van der Waals surface area contributed by atoms with Gasteiger partial charge in [0.1, 0.15) is 5.75 Å². The van der Waals surface area contributed by atoms with E-state index in [1.807, 2.05) is 11.0 Å². The number of amides is 2. The van der Waals surface area contributed by atoms with Crippen molar-refractivity contribution >= 4 is 32.7 Å². The fraction of sp³-hybridized carbons (Fsp3) is 0.556. The third kappa shape index (κ3) is 1.77. The third-order valence-corrected chi connectivity index (χ3v) is 7.52. The summed E-state index contributed by atoms with van der Waals surface area (Å²) in [6, 6.07) is 4.57. The number of likely N-dealkylation sites (tertiary alicyclic amines) is 1. The van der Waals surface area contributed by atoms with Crippen molar-refractivity contribution in [3.05, 3.63) is 17.7 Å². The van der Waals surface area contributed by atoms with Crippen LogP contribution in [-0.4, -0.2) is 53.7 Å². The van der Waals surface area contributed by atoms with Gasteiger partial charge in [0, 0.05) is 24.1 Å². The van der Waals surface area contributed by atoms with Crippen LogP contribution in [0.5, 0.6) is 5.75 Å². The van der Waals surface area contributed by atoms with Crippen LogP contribution in [0.1, 0.15) is 24.8 Å². The minimum absolute atomic E-state index is 0.0172. The molecule has 2 aromatic rings. The number of hydrogen-bond donors (Lipinski definition) is 1. The second-order valence-corrected chi connectivity index (χ2v) is 8.67. The van der Waals surface area contributed by atoms with Gasteiger partial charge in [-0.15, -0.1) is 0 Å². The van der Waals surface area contributed by atoms with Crippen molar-refractivity contribution < 1.29 is 9.53 Å². The summed E-state index contributed by atoms with van der Waals surface area (Å²) < 4.78 is 6.80. The van der Waals surface area contributed by atoms with Gasteiger partial charge in [-0.1, -0.05) is 11.3 Å². The number of benzene rings is 1. The van der Waals surface area contributed by atoms with Crippen LogP contribution in [0, 0.1) is 0 Å². The predicted octanol–water partition coefficient (Wildman–Crippen LogP) is 2.37. The molecular formula is C18H20N4O2S. The van der Waals surface area contributed by atoms with E-state index in [-0.39, 0.29) is 23.7 Å². The summed E-state index contributed by atoms with van der Waals surface area (Å²) in [5.41, 5.74) is 2.39. The van der Waals surface area contributed by atoms with E-state index < -0.39 is 0 Å². The smallest absolute Gasteiger partial charge is 0.324 e. The van der Waals surface area contributed by atoms with Crippen molar-refractivity contribution in [2.45, 2.75) is 43.3 Å². The quantitative estimate of drug-likeness (QED) is 0.852. The number of thiazole rings is 1. The van der Waals surface area contributed by atoms with Gasteiger partial charge in [-0.05, 0) is 38.4 Å². The van der Waals surface area contributed by atoms with E-state index in [2.05, 4.69) is 23.3 Å². The molecule has 7 heteroatoms. The minimum atomic E-state index is 0.0172. The van der Waals surface area contributed by atoms with E-state index in [0.29, 0.717) is 0 Å². The topological polar surface area (TPSA) is 57.7 Å². The number of hydrogen-bond acceptors (Lipinski definition) is 5. The molecular weight excluding hydrogens is 336 g/mol. The van der Waals surface area contributed by atoms with Crippen molar-refractivity contribution in [1.29, 1.82) is 0 Å². The normalized spacial score (nSPS) is 29.6. The lowest BCUT2D eigenvalue weighted by molar-refractivity contribution is 0.125. The summed E-state index contributed by atoms with van der Waals surface area (Å²) >= 11 is 1.63. The second kappa shape index (κ2) is 4.65. The predicted molar refractivity (Wildman–Crippen MR) is 96.6 cm³/mol. The first-order valence-corrected chi connectivity index (χ1v) is 9.85. The second-order valence-electron chi connectivity index (χ2n) is 7.66. The first-order valence-electron chi connectivity index (χ1n) is 9.04. The molecule has 0 radical (unpaired) electrons. The Labute approximate surface area is 149 Å². The average Bonchev–Trinajstić information content (AvgIpc) is 2.96. The van der Waals surface area contributed by atoms with Crippen molar-refractivity contribution in [3.8, 4) is 5.75 Å². The summed E-state index contributed by atoms with van der Waals surface area (Å²) in [6.45, 7) is 1.77.